The number of thioether (sulfide) groups is 1. The molecule has 0 bridgehead atoms. The third-order valence-corrected chi connectivity index (χ3v) is 4.65. The van der Waals surface area contributed by atoms with Gasteiger partial charge in [0.05, 0.1) is 16.2 Å². The quantitative estimate of drug-likeness (QED) is 0.208. The molecule has 0 spiro atoms. The van der Waals surface area contributed by atoms with Gasteiger partial charge in [-0.15, -0.1) is 0 Å². The van der Waals surface area contributed by atoms with E-state index in [9.17, 15) is 30.1 Å². The van der Waals surface area contributed by atoms with Crippen molar-refractivity contribution < 1.29 is 34.2 Å². The van der Waals surface area contributed by atoms with Crippen LogP contribution in [-0.2, 0) is 9.59 Å². The molecule has 1 heterocycles. The highest BCUT2D eigenvalue weighted by Crippen LogP contribution is 2.39. The SMILES string of the molecule is CSc1nc(Oc2ccc(C#N)c(N(C)C)c2)c([N+](=O)[O-])c(OC(CCC(=O)O)C(=O)O)n1. The number of hydrogen-bond acceptors (Lipinski definition) is 11. The minimum atomic E-state index is -1.70. The van der Waals surface area contributed by atoms with Gasteiger partial charge in [-0.3, -0.25) is 14.9 Å². The van der Waals surface area contributed by atoms with Gasteiger partial charge in [-0.2, -0.15) is 15.2 Å². The van der Waals surface area contributed by atoms with Gasteiger partial charge in [0.2, 0.25) is 0 Å². The molecular weight excluding hydrogens is 458 g/mol. The van der Waals surface area contributed by atoms with E-state index in [0.29, 0.717) is 11.3 Å². The number of carboxylic acid groups (broad SMARTS) is 2. The summed E-state index contributed by atoms with van der Waals surface area (Å²) in [5, 5.41) is 39.2. The number of ether oxygens (including phenoxy) is 2. The third kappa shape index (κ3) is 6.43. The number of rotatable bonds is 11. The van der Waals surface area contributed by atoms with Crippen molar-refractivity contribution in [3.8, 4) is 23.6 Å². The number of anilines is 1. The molecule has 2 rings (SSSR count). The number of nitriles is 1. The topological polar surface area (TPSA) is 189 Å². The van der Waals surface area contributed by atoms with Crippen molar-refractivity contribution in [3.63, 3.8) is 0 Å². The molecule has 14 heteroatoms. The summed E-state index contributed by atoms with van der Waals surface area (Å²) in [6, 6.07) is 6.40. The first-order valence-corrected chi connectivity index (χ1v) is 10.4. The van der Waals surface area contributed by atoms with Crippen molar-refractivity contribution in [2.45, 2.75) is 24.1 Å². The lowest BCUT2D eigenvalue weighted by atomic mass is 10.2. The molecule has 33 heavy (non-hydrogen) atoms. The first kappa shape index (κ1) is 25.1. The van der Waals surface area contributed by atoms with Crippen molar-refractivity contribution >= 4 is 35.1 Å². The monoisotopic (exact) mass is 477 g/mol. The Labute approximate surface area is 191 Å². The summed E-state index contributed by atoms with van der Waals surface area (Å²) in [5.74, 6) is -3.83. The number of nitro groups is 1. The lowest BCUT2D eigenvalue weighted by molar-refractivity contribution is -0.387. The van der Waals surface area contributed by atoms with Crippen molar-refractivity contribution in [1.29, 1.82) is 5.26 Å². The molecule has 1 unspecified atom stereocenters. The van der Waals surface area contributed by atoms with Crippen LogP contribution >= 0.6 is 11.8 Å². The Morgan fingerprint density at radius 1 is 1.30 bits per heavy atom. The fourth-order valence-corrected chi connectivity index (χ4v) is 2.92. The minimum Gasteiger partial charge on any atom is -0.481 e. The van der Waals surface area contributed by atoms with E-state index < -0.39 is 53.3 Å². The molecule has 1 aromatic carbocycles. The predicted octanol–water partition coefficient (Wildman–Crippen LogP) is 2.53. The average Bonchev–Trinajstić information content (AvgIpc) is 2.75. The maximum atomic E-state index is 11.8. The van der Waals surface area contributed by atoms with Crippen molar-refractivity contribution in [3.05, 3.63) is 33.9 Å². The first-order valence-electron chi connectivity index (χ1n) is 9.18. The van der Waals surface area contributed by atoms with Gasteiger partial charge in [0, 0.05) is 33.0 Å². The van der Waals surface area contributed by atoms with Crippen LogP contribution in [0.1, 0.15) is 18.4 Å². The number of hydrogen-bond donors (Lipinski definition) is 2. The van der Waals surface area contributed by atoms with Crippen LogP contribution in [0.3, 0.4) is 0 Å². The van der Waals surface area contributed by atoms with E-state index >= 15 is 0 Å². The van der Waals surface area contributed by atoms with Crippen LogP contribution < -0.4 is 14.4 Å². The molecule has 0 aliphatic carbocycles. The van der Waals surface area contributed by atoms with E-state index in [1.54, 1.807) is 25.3 Å². The zero-order chi connectivity index (χ0) is 24.7. The van der Waals surface area contributed by atoms with Gasteiger partial charge in [0.1, 0.15) is 11.8 Å². The second-order valence-electron chi connectivity index (χ2n) is 6.59. The average molecular weight is 477 g/mol. The van der Waals surface area contributed by atoms with Gasteiger partial charge in [-0.25, -0.2) is 4.79 Å². The maximum absolute atomic E-state index is 11.8. The minimum absolute atomic E-state index is 0.00514. The first-order chi connectivity index (χ1) is 15.6. The summed E-state index contributed by atoms with van der Waals surface area (Å²) in [4.78, 5) is 42.7. The number of nitrogens with zero attached hydrogens (tertiary/aromatic N) is 5. The highest BCUT2D eigenvalue weighted by Gasteiger charge is 2.32. The van der Waals surface area contributed by atoms with E-state index in [-0.39, 0.29) is 10.9 Å². The molecule has 0 saturated carbocycles. The normalized spacial score (nSPS) is 11.2. The number of aromatic nitrogens is 2. The van der Waals surface area contributed by atoms with E-state index in [0.717, 1.165) is 11.8 Å². The molecule has 0 aliphatic heterocycles. The molecule has 2 N–H and O–H groups in total. The molecule has 0 amide bonds. The second-order valence-corrected chi connectivity index (χ2v) is 7.36. The highest BCUT2D eigenvalue weighted by molar-refractivity contribution is 7.98. The van der Waals surface area contributed by atoms with Gasteiger partial charge < -0.3 is 24.6 Å². The van der Waals surface area contributed by atoms with Gasteiger partial charge in [-0.05, 0) is 18.4 Å². The molecular formula is C19H19N5O8S. The van der Waals surface area contributed by atoms with Crippen molar-refractivity contribution in [2.75, 3.05) is 25.3 Å². The molecule has 1 atom stereocenters. The van der Waals surface area contributed by atoms with Crippen molar-refractivity contribution in [2.24, 2.45) is 0 Å². The third-order valence-electron chi connectivity index (χ3n) is 4.10. The van der Waals surface area contributed by atoms with Gasteiger partial charge in [0.15, 0.2) is 11.3 Å². The summed E-state index contributed by atoms with van der Waals surface area (Å²) in [6.45, 7) is 0. The Morgan fingerprint density at radius 3 is 2.48 bits per heavy atom. The number of benzene rings is 1. The van der Waals surface area contributed by atoms with Gasteiger partial charge >= 0.3 is 29.4 Å². The molecule has 174 valence electrons. The highest BCUT2D eigenvalue weighted by atomic mass is 32.2. The lowest BCUT2D eigenvalue weighted by Gasteiger charge is -2.17. The smallest absolute Gasteiger partial charge is 0.392 e. The molecule has 2 aromatic rings. The summed E-state index contributed by atoms with van der Waals surface area (Å²) in [6.07, 6.45) is -1.10. The molecule has 0 fully saturated rings. The van der Waals surface area contributed by atoms with Crippen LogP contribution in [0.15, 0.2) is 23.4 Å². The Morgan fingerprint density at radius 2 is 1.97 bits per heavy atom. The molecule has 0 radical (unpaired) electrons. The van der Waals surface area contributed by atoms with Crippen LogP contribution in [-0.4, -0.2) is 63.5 Å². The summed E-state index contributed by atoms with van der Waals surface area (Å²) in [5.41, 5.74) is 0.0131. The van der Waals surface area contributed by atoms with Crippen LogP contribution in [0.25, 0.3) is 0 Å². The van der Waals surface area contributed by atoms with E-state index in [1.165, 1.54) is 18.2 Å². The summed E-state index contributed by atoms with van der Waals surface area (Å²) < 4.78 is 10.9. The van der Waals surface area contributed by atoms with E-state index in [1.807, 2.05) is 6.07 Å². The van der Waals surface area contributed by atoms with Crippen LogP contribution in [0.2, 0.25) is 0 Å². The molecule has 0 aliphatic rings. The zero-order valence-corrected chi connectivity index (χ0v) is 18.5. The fourth-order valence-electron chi connectivity index (χ4n) is 2.57. The van der Waals surface area contributed by atoms with Crippen LogP contribution in [0, 0.1) is 21.4 Å². The Hall–Kier alpha value is -4.12. The number of aliphatic carboxylic acids is 2. The number of carboxylic acids is 2. The van der Waals surface area contributed by atoms with Crippen LogP contribution in [0.4, 0.5) is 11.4 Å². The fraction of sp³-hybridized carbons (Fsp3) is 0.316. The van der Waals surface area contributed by atoms with Crippen LogP contribution in [0.5, 0.6) is 17.5 Å². The molecule has 13 nitrogen and oxygen atoms in total. The Balaban J connectivity index is 2.54. The maximum Gasteiger partial charge on any atom is 0.392 e. The lowest BCUT2D eigenvalue weighted by Crippen LogP contribution is -2.28. The Bertz CT molecular complexity index is 1120. The van der Waals surface area contributed by atoms with E-state index in [4.69, 9.17) is 14.6 Å². The second kappa shape index (κ2) is 11.0. The van der Waals surface area contributed by atoms with Gasteiger partial charge in [0.25, 0.3) is 0 Å². The standard InChI is InChI=1S/C19H19N5O8S/c1-23(2)12-8-11(5-4-10(12)9-20)31-16-15(24(29)30)17(22-19(21-16)33-3)32-13(18(27)28)6-7-14(25)26/h4-5,8,13H,6-7H2,1-3H3,(H,25,26)(H,27,28). The predicted molar refractivity (Wildman–Crippen MR) is 115 cm³/mol. The van der Waals surface area contributed by atoms with Crippen molar-refractivity contribution in [1.82, 2.24) is 9.97 Å². The Kier molecular flexibility index (Phi) is 8.35. The van der Waals surface area contributed by atoms with E-state index in [2.05, 4.69) is 9.97 Å². The molecule has 0 saturated heterocycles. The largest absolute Gasteiger partial charge is 0.481 e. The zero-order valence-electron chi connectivity index (χ0n) is 17.7. The number of carbonyl (C=O) groups is 2. The summed E-state index contributed by atoms with van der Waals surface area (Å²) in [7, 11) is 3.40. The van der Waals surface area contributed by atoms with Gasteiger partial charge in [-0.1, -0.05) is 11.8 Å². The molecule has 1 aromatic heterocycles. The summed E-state index contributed by atoms with van der Waals surface area (Å²) >= 11 is 0.998.